The highest BCUT2D eigenvalue weighted by molar-refractivity contribution is 5.89. The fourth-order valence-electron chi connectivity index (χ4n) is 2.83. The van der Waals surface area contributed by atoms with Crippen molar-refractivity contribution in [3.8, 4) is 11.1 Å². The van der Waals surface area contributed by atoms with E-state index in [9.17, 15) is 14.4 Å². The Morgan fingerprint density at radius 1 is 1.04 bits per heavy atom. The number of hydrogen-bond donors (Lipinski definition) is 3. The van der Waals surface area contributed by atoms with E-state index >= 15 is 0 Å². The van der Waals surface area contributed by atoms with Gasteiger partial charge in [0.25, 0.3) is 0 Å². The van der Waals surface area contributed by atoms with Crippen LogP contribution in [-0.2, 0) is 20.8 Å². The molecule has 0 unspecified atom stereocenters. The molecule has 0 heterocycles. The first kappa shape index (κ1) is 21.3. The molecule has 6 heteroatoms. The van der Waals surface area contributed by atoms with Gasteiger partial charge in [-0.05, 0) is 41.7 Å². The van der Waals surface area contributed by atoms with Gasteiger partial charge in [0.15, 0.2) is 0 Å². The molecule has 0 aliphatic carbocycles. The maximum Gasteiger partial charge on any atom is 0.223 e. The van der Waals surface area contributed by atoms with E-state index in [1.165, 1.54) is 6.92 Å². The van der Waals surface area contributed by atoms with E-state index in [4.69, 9.17) is 5.73 Å². The summed E-state index contributed by atoms with van der Waals surface area (Å²) in [5.41, 5.74) is 9.47. The number of hydrogen-bond acceptors (Lipinski definition) is 4. The molecule has 2 aromatic carbocycles. The van der Waals surface area contributed by atoms with Crippen LogP contribution in [0.3, 0.4) is 0 Å². The summed E-state index contributed by atoms with van der Waals surface area (Å²) < 4.78 is 0. The van der Waals surface area contributed by atoms with Crippen molar-refractivity contribution in [1.29, 1.82) is 0 Å². The van der Waals surface area contributed by atoms with Crippen molar-refractivity contribution >= 4 is 23.8 Å². The van der Waals surface area contributed by atoms with Crippen molar-refractivity contribution in [3.05, 3.63) is 54.1 Å². The molecule has 4 N–H and O–H groups in total. The summed E-state index contributed by atoms with van der Waals surface area (Å²) in [5, 5.41) is 5.56. The molecule has 0 aliphatic heterocycles. The van der Waals surface area contributed by atoms with Crippen LogP contribution in [0.2, 0.25) is 0 Å². The molecule has 0 saturated carbocycles. The molecule has 28 heavy (non-hydrogen) atoms. The van der Waals surface area contributed by atoms with E-state index in [0.717, 1.165) is 22.4 Å². The molecular formula is C22H27N3O3. The summed E-state index contributed by atoms with van der Waals surface area (Å²) in [5.74, 6) is -0.312. The molecule has 6 nitrogen and oxygen atoms in total. The van der Waals surface area contributed by atoms with Crippen LogP contribution in [0.4, 0.5) is 5.69 Å². The molecule has 0 saturated heterocycles. The minimum Gasteiger partial charge on any atom is -0.356 e. The molecule has 0 aromatic heterocycles. The second kappa shape index (κ2) is 10.4. The molecule has 148 valence electrons. The third-order valence-electron chi connectivity index (χ3n) is 4.43. The maximum atomic E-state index is 12.1. The topological polar surface area (TPSA) is 101 Å². The van der Waals surface area contributed by atoms with Crippen LogP contribution < -0.4 is 16.4 Å². The summed E-state index contributed by atoms with van der Waals surface area (Å²) in [4.78, 5) is 33.7. The van der Waals surface area contributed by atoms with Gasteiger partial charge in [0.05, 0.1) is 6.04 Å². The molecule has 0 bridgehead atoms. The summed E-state index contributed by atoms with van der Waals surface area (Å²) in [7, 11) is 0. The molecule has 2 atom stereocenters. The van der Waals surface area contributed by atoms with E-state index in [2.05, 4.69) is 10.6 Å². The van der Waals surface area contributed by atoms with Crippen molar-refractivity contribution in [2.45, 2.75) is 32.7 Å². The predicted molar refractivity (Wildman–Crippen MR) is 111 cm³/mol. The smallest absolute Gasteiger partial charge is 0.223 e. The maximum absolute atomic E-state index is 12.1. The lowest BCUT2D eigenvalue weighted by Crippen LogP contribution is -2.34. The van der Waals surface area contributed by atoms with E-state index in [-0.39, 0.29) is 17.7 Å². The lowest BCUT2D eigenvalue weighted by molar-refractivity contribution is -0.124. The van der Waals surface area contributed by atoms with Crippen molar-refractivity contribution in [3.63, 3.8) is 0 Å². The van der Waals surface area contributed by atoms with Gasteiger partial charge in [-0.3, -0.25) is 9.59 Å². The fraction of sp³-hybridized carbons (Fsp3) is 0.318. The number of aldehydes is 1. The standard InChI is InChI=1S/C22H27N3O3/c1-15(22(28)24-12-11-20(23)14-26)13-17-3-5-18(6-4-17)19-7-9-21(10-8-19)25-16(2)27/h3-10,14-15,20H,11-13,23H2,1-2H3,(H,24,28)(H,25,27)/t15-,20-/m1/s1. The van der Waals surface area contributed by atoms with E-state index in [0.29, 0.717) is 25.7 Å². The third-order valence-corrected chi connectivity index (χ3v) is 4.43. The van der Waals surface area contributed by atoms with E-state index in [1.807, 2.05) is 55.5 Å². The van der Waals surface area contributed by atoms with E-state index in [1.54, 1.807) is 0 Å². The Kier molecular flexibility index (Phi) is 7.89. The summed E-state index contributed by atoms with van der Waals surface area (Å²) in [6.45, 7) is 3.76. The highest BCUT2D eigenvalue weighted by Gasteiger charge is 2.13. The largest absolute Gasteiger partial charge is 0.356 e. The second-order valence-electron chi connectivity index (χ2n) is 6.94. The molecule has 0 fully saturated rings. The molecule has 0 spiro atoms. The van der Waals surface area contributed by atoms with Crippen molar-refractivity contribution in [2.75, 3.05) is 11.9 Å². The third kappa shape index (κ3) is 6.63. The SMILES string of the molecule is CC(=O)Nc1ccc(-c2ccc(C[C@@H](C)C(=O)NCC[C@@H](N)C=O)cc2)cc1. The zero-order chi connectivity index (χ0) is 20.5. The van der Waals surface area contributed by atoms with Crippen LogP contribution in [0, 0.1) is 5.92 Å². The predicted octanol–water partition coefficient (Wildman–Crippen LogP) is 2.52. The average molecular weight is 381 g/mol. The van der Waals surface area contributed by atoms with Crippen molar-refractivity contribution in [1.82, 2.24) is 5.32 Å². The van der Waals surface area contributed by atoms with Crippen molar-refractivity contribution in [2.24, 2.45) is 11.7 Å². The Balaban J connectivity index is 1.90. The minimum absolute atomic E-state index is 0.0456. The Morgan fingerprint density at radius 2 is 1.61 bits per heavy atom. The number of carbonyl (C=O) groups is 3. The van der Waals surface area contributed by atoms with Crippen LogP contribution >= 0.6 is 0 Å². The molecule has 0 aliphatic rings. The Hall–Kier alpha value is -2.99. The summed E-state index contributed by atoms with van der Waals surface area (Å²) >= 11 is 0. The molecule has 0 radical (unpaired) electrons. The van der Waals surface area contributed by atoms with Crippen molar-refractivity contribution < 1.29 is 14.4 Å². The number of anilines is 1. The summed E-state index contributed by atoms with van der Waals surface area (Å²) in [6, 6.07) is 15.2. The number of amides is 2. The van der Waals surface area contributed by atoms with Crippen LogP contribution in [0.5, 0.6) is 0 Å². The number of rotatable bonds is 9. The Labute approximate surface area is 165 Å². The summed E-state index contributed by atoms with van der Waals surface area (Å²) in [6.07, 6.45) is 1.76. The zero-order valence-corrected chi connectivity index (χ0v) is 16.3. The first-order valence-corrected chi connectivity index (χ1v) is 9.34. The number of nitrogens with one attached hydrogen (secondary N) is 2. The Morgan fingerprint density at radius 3 is 2.14 bits per heavy atom. The van der Waals surface area contributed by atoms with Gasteiger partial charge in [0.1, 0.15) is 6.29 Å². The fourth-order valence-corrected chi connectivity index (χ4v) is 2.83. The highest BCUT2D eigenvalue weighted by atomic mass is 16.2. The quantitative estimate of drug-likeness (QED) is 0.581. The molecule has 2 rings (SSSR count). The average Bonchev–Trinajstić information content (AvgIpc) is 2.68. The van der Waals surface area contributed by atoms with Gasteiger partial charge in [-0.15, -0.1) is 0 Å². The van der Waals surface area contributed by atoms with Crippen LogP contribution in [0.1, 0.15) is 25.8 Å². The zero-order valence-electron chi connectivity index (χ0n) is 16.3. The second-order valence-corrected chi connectivity index (χ2v) is 6.94. The van der Waals surface area contributed by atoms with Gasteiger partial charge in [0.2, 0.25) is 11.8 Å². The lowest BCUT2D eigenvalue weighted by atomic mass is 9.97. The monoisotopic (exact) mass is 381 g/mol. The first-order chi connectivity index (χ1) is 13.4. The van der Waals surface area contributed by atoms with Gasteiger partial charge in [-0.1, -0.05) is 43.3 Å². The Bertz CT molecular complexity index is 801. The molecular weight excluding hydrogens is 354 g/mol. The number of benzene rings is 2. The minimum atomic E-state index is -0.532. The van der Waals surface area contributed by atoms with Gasteiger partial charge < -0.3 is 21.2 Å². The highest BCUT2D eigenvalue weighted by Crippen LogP contribution is 2.22. The van der Waals surface area contributed by atoms with Gasteiger partial charge in [0, 0.05) is 25.1 Å². The van der Waals surface area contributed by atoms with Crippen LogP contribution in [0.25, 0.3) is 11.1 Å². The van der Waals surface area contributed by atoms with Gasteiger partial charge in [-0.2, -0.15) is 0 Å². The lowest BCUT2D eigenvalue weighted by Gasteiger charge is -2.13. The van der Waals surface area contributed by atoms with Gasteiger partial charge >= 0.3 is 0 Å². The van der Waals surface area contributed by atoms with Crippen LogP contribution in [-0.4, -0.2) is 30.7 Å². The number of nitrogens with two attached hydrogens (primary N) is 1. The normalized spacial score (nSPS) is 12.7. The van der Waals surface area contributed by atoms with Crippen LogP contribution in [0.15, 0.2) is 48.5 Å². The van der Waals surface area contributed by atoms with E-state index < -0.39 is 6.04 Å². The van der Waals surface area contributed by atoms with Gasteiger partial charge in [-0.25, -0.2) is 0 Å². The number of carbonyl (C=O) groups excluding carboxylic acids is 3. The first-order valence-electron chi connectivity index (χ1n) is 9.34. The molecule has 2 aromatic rings. The molecule has 2 amide bonds.